The molecule has 0 saturated carbocycles. The normalized spacial score (nSPS) is 11.0. The average Bonchev–Trinajstić information content (AvgIpc) is 2.09. The van der Waals surface area contributed by atoms with Crippen LogP contribution in [-0.4, -0.2) is 5.88 Å². The summed E-state index contributed by atoms with van der Waals surface area (Å²) in [6, 6.07) is 4.59. The zero-order chi connectivity index (χ0) is 9.68. The highest BCUT2D eigenvalue weighted by Gasteiger charge is 1.97. The highest BCUT2D eigenvalue weighted by atomic mass is 35.5. The van der Waals surface area contributed by atoms with Crippen molar-refractivity contribution in [3.05, 3.63) is 40.7 Å². The maximum absolute atomic E-state index is 13.1. The van der Waals surface area contributed by atoms with Crippen molar-refractivity contribution < 1.29 is 4.39 Å². The zero-order valence-electron chi connectivity index (χ0n) is 6.93. The molecule has 0 fully saturated rings. The van der Waals surface area contributed by atoms with Gasteiger partial charge in [-0.1, -0.05) is 29.8 Å². The summed E-state index contributed by atoms with van der Waals surface area (Å²) in [5.41, 5.74) is 0.537. The van der Waals surface area contributed by atoms with Crippen LogP contribution in [0.25, 0.3) is 6.08 Å². The first-order valence-electron chi connectivity index (χ1n) is 3.91. The maximum atomic E-state index is 13.1. The van der Waals surface area contributed by atoms with Crippen LogP contribution in [0, 0.1) is 5.82 Å². The second-order valence-electron chi connectivity index (χ2n) is 2.55. The molecule has 1 rings (SSSR count). The standard InChI is InChI=1S/C10H9Cl2F/c11-6-2-1-3-8-4-5-9(12)7-10(8)13/h1,3-5,7H,2,6H2. The smallest absolute Gasteiger partial charge is 0.131 e. The molecule has 3 heteroatoms. The van der Waals surface area contributed by atoms with Crippen LogP contribution in [0.2, 0.25) is 5.02 Å². The van der Waals surface area contributed by atoms with Crippen LogP contribution in [0.4, 0.5) is 4.39 Å². The third kappa shape index (κ3) is 3.37. The van der Waals surface area contributed by atoms with E-state index in [2.05, 4.69) is 0 Å². The van der Waals surface area contributed by atoms with Gasteiger partial charge in [-0.15, -0.1) is 11.6 Å². The fourth-order valence-electron chi connectivity index (χ4n) is 0.910. The molecule has 0 bridgehead atoms. The van der Waals surface area contributed by atoms with E-state index >= 15 is 0 Å². The number of benzene rings is 1. The van der Waals surface area contributed by atoms with Crippen LogP contribution >= 0.6 is 23.2 Å². The minimum atomic E-state index is -0.307. The molecule has 0 atom stereocenters. The molecule has 0 aliphatic carbocycles. The fourth-order valence-corrected chi connectivity index (χ4v) is 1.19. The Bertz CT molecular complexity index is 308. The summed E-state index contributed by atoms with van der Waals surface area (Å²) in [6.45, 7) is 0. The number of hydrogen-bond acceptors (Lipinski definition) is 0. The lowest BCUT2D eigenvalue weighted by Crippen LogP contribution is -1.80. The van der Waals surface area contributed by atoms with E-state index in [1.807, 2.05) is 6.08 Å². The van der Waals surface area contributed by atoms with E-state index < -0.39 is 0 Å². The molecular weight excluding hydrogens is 210 g/mol. The molecule has 0 amide bonds. The van der Waals surface area contributed by atoms with Crippen molar-refractivity contribution in [3.8, 4) is 0 Å². The van der Waals surface area contributed by atoms with Crippen molar-refractivity contribution >= 4 is 29.3 Å². The summed E-state index contributed by atoms with van der Waals surface area (Å²) in [7, 11) is 0. The molecule has 70 valence electrons. The van der Waals surface area contributed by atoms with Crippen molar-refractivity contribution in [2.24, 2.45) is 0 Å². The van der Waals surface area contributed by atoms with E-state index in [1.165, 1.54) is 6.07 Å². The molecule has 0 aromatic heterocycles. The lowest BCUT2D eigenvalue weighted by molar-refractivity contribution is 0.625. The van der Waals surface area contributed by atoms with Gasteiger partial charge in [0.1, 0.15) is 5.82 Å². The van der Waals surface area contributed by atoms with Gasteiger partial charge in [0.25, 0.3) is 0 Å². The van der Waals surface area contributed by atoms with Gasteiger partial charge in [0.05, 0.1) is 0 Å². The average molecular weight is 219 g/mol. The Morgan fingerprint density at radius 2 is 2.15 bits per heavy atom. The predicted molar refractivity (Wildman–Crippen MR) is 55.8 cm³/mol. The minimum Gasteiger partial charge on any atom is -0.206 e. The van der Waals surface area contributed by atoms with Crippen molar-refractivity contribution in [1.82, 2.24) is 0 Å². The zero-order valence-corrected chi connectivity index (χ0v) is 8.45. The molecule has 0 N–H and O–H groups in total. The largest absolute Gasteiger partial charge is 0.206 e. The summed E-state index contributed by atoms with van der Waals surface area (Å²) >= 11 is 11.1. The molecule has 0 radical (unpaired) electrons. The Labute approximate surface area is 87.0 Å². The minimum absolute atomic E-state index is 0.307. The molecular formula is C10H9Cl2F. The Morgan fingerprint density at radius 1 is 1.38 bits per heavy atom. The Kier molecular flexibility index (Phi) is 4.26. The highest BCUT2D eigenvalue weighted by molar-refractivity contribution is 6.30. The van der Waals surface area contributed by atoms with E-state index in [9.17, 15) is 4.39 Å². The van der Waals surface area contributed by atoms with E-state index in [1.54, 1.807) is 18.2 Å². The van der Waals surface area contributed by atoms with Gasteiger partial charge in [0.2, 0.25) is 0 Å². The number of hydrogen-bond donors (Lipinski definition) is 0. The van der Waals surface area contributed by atoms with Crippen molar-refractivity contribution in [2.75, 3.05) is 5.88 Å². The Balaban J connectivity index is 2.77. The van der Waals surface area contributed by atoms with Crippen LogP contribution in [0.3, 0.4) is 0 Å². The molecule has 0 aliphatic heterocycles. The quantitative estimate of drug-likeness (QED) is 0.670. The van der Waals surface area contributed by atoms with Crippen molar-refractivity contribution in [3.63, 3.8) is 0 Å². The molecule has 0 nitrogen and oxygen atoms in total. The summed E-state index contributed by atoms with van der Waals surface area (Å²) in [6.07, 6.45) is 4.27. The highest BCUT2D eigenvalue weighted by Crippen LogP contribution is 2.15. The number of allylic oxidation sites excluding steroid dienone is 1. The third-order valence-corrected chi connectivity index (χ3v) is 1.99. The summed E-state index contributed by atoms with van der Waals surface area (Å²) < 4.78 is 13.1. The molecule has 0 aliphatic rings. The van der Waals surface area contributed by atoms with Crippen molar-refractivity contribution in [2.45, 2.75) is 6.42 Å². The van der Waals surface area contributed by atoms with Gasteiger partial charge < -0.3 is 0 Å². The molecule has 0 saturated heterocycles. The molecule has 0 unspecified atom stereocenters. The first-order chi connectivity index (χ1) is 6.24. The van der Waals surface area contributed by atoms with Gasteiger partial charge in [-0.2, -0.15) is 0 Å². The molecule has 1 aromatic carbocycles. The topological polar surface area (TPSA) is 0 Å². The molecule has 0 spiro atoms. The van der Waals surface area contributed by atoms with Gasteiger partial charge >= 0.3 is 0 Å². The van der Waals surface area contributed by atoms with Gasteiger partial charge in [-0.3, -0.25) is 0 Å². The van der Waals surface area contributed by atoms with E-state index in [-0.39, 0.29) is 5.82 Å². The SMILES string of the molecule is Fc1cc(Cl)ccc1C=CCCCl. The number of alkyl halides is 1. The third-order valence-electron chi connectivity index (χ3n) is 1.54. The van der Waals surface area contributed by atoms with Crippen LogP contribution < -0.4 is 0 Å². The van der Waals surface area contributed by atoms with E-state index in [0.717, 1.165) is 6.42 Å². The van der Waals surface area contributed by atoms with E-state index in [0.29, 0.717) is 16.5 Å². The number of rotatable bonds is 3. The van der Waals surface area contributed by atoms with Gasteiger partial charge in [0.15, 0.2) is 0 Å². The molecule has 1 aromatic rings. The van der Waals surface area contributed by atoms with Crippen LogP contribution in [0.15, 0.2) is 24.3 Å². The lowest BCUT2D eigenvalue weighted by atomic mass is 10.2. The van der Waals surface area contributed by atoms with Gasteiger partial charge in [-0.05, 0) is 18.6 Å². The van der Waals surface area contributed by atoms with Crippen LogP contribution in [0.1, 0.15) is 12.0 Å². The monoisotopic (exact) mass is 218 g/mol. The molecule has 0 heterocycles. The lowest BCUT2D eigenvalue weighted by Gasteiger charge is -1.96. The first-order valence-corrected chi connectivity index (χ1v) is 4.83. The second-order valence-corrected chi connectivity index (χ2v) is 3.36. The second kappa shape index (κ2) is 5.25. The van der Waals surface area contributed by atoms with Gasteiger partial charge in [-0.25, -0.2) is 4.39 Å². The first kappa shape index (κ1) is 10.6. The van der Waals surface area contributed by atoms with Gasteiger partial charge in [0, 0.05) is 16.5 Å². The summed E-state index contributed by atoms with van der Waals surface area (Å²) in [4.78, 5) is 0. The predicted octanol–water partition coefficient (Wildman–Crippen LogP) is 4.12. The summed E-state index contributed by atoms with van der Waals surface area (Å²) in [5, 5.41) is 0.409. The fraction of sp³-hybridized carbons (Fsp3) is 0.200. The Hall–Kier alpha value is -0.530. The summed E-state index contributed by atoms with van der Waals surface area (Å²) in [5.74, 6) is 0.240. The maximum Gasteiger partial charge on any atom is 0.131 e. The number of halogens is 3. The van der Waals surface area contributed by atoms with E-state index in [4.69, 9.17) is 23.2 Å². The van der Waals surface area contributed by atoms with Crippen molar-refractivity contribution in [1.29, 1.82) is 0 Å². The molecule has 13 heavy (non-hydrogen) atoms. The Morgan fingerprint density at radius 3 is 2.77 bits per heavy atom. The van der Waals surface area contributed by atoms with Crippen LogP contribution in [-0.2, 0) is 0 Å². The van der Waals surface area contributed by atoms with Crippen LogP contribution in [0.5, 0.6) is 0 Å².